The minimum atomic E-state index is 0.203. The first kappa shape index (κ1) is 11.5. The first-order valence-electron chi connectivity index (χ1n) is 5.82. The fraction of sp³-hybridized carbons (Fsp3) is 0.909. The normalized spacial score (nSPS) is 17.2. The monoisotopic (exact) mass is 198 g/mol. The van der Waals surface area contributed by atoms with E-state index in [0.717, 1.165) is 25.9 Å². The predicted molar refractivity (Wildman–Crippen MR) is 58.2 cm³/mol. The summed E-state index contributed by atoms with van der Waals surface area (Å²) in [5, 5.41) is 2.94. The molecule has 1 saturated heterocycles. The summed E-state index contributed by atoms with van der Waals surface area (Å²) in [7, 11) is 0. The maximum Gasteiger partial charge on any atom is 0.219 e. The van der Waals surface area contributed by atoms with Crippen molar-refractivity contribution in [2.45, 2.75) is 39.0 Å². The second kappa shape index (κ2) is 6.82. The molecule has 0 aromatic carbocycles. The molecule has 0 unspecified atom stereocenters. The molecule has 1 heterocycles. The Bertz CT molecular complexity index is 165. The van der Waals surface area contributed by atoms with Gasteiger partial charge in [0.25, 0.3) is 0 Å². The largest absolute Gasteiger partial charge is 0.356 e. The highest BCUT2D eigenvalue weighted by atomic mass is 16.1. The Labute approximate surface area is 86.9 Å². The van der Waals surface area contributed by atoms with Crippen LogP contribution in [-0.2, 0) is 4.79 Å². The van der Waals surface area contributed by atoms with Crippen molar-refractivity contribution in [2.24, 2.45) is 0 Å². The molecule has 0 radical (unpaired) electrons. The zero-order valence-electron chi connectivity index (χ0n) is 9.22. The van der Waals surface area contributed by atoms with Gasteiger partial charge in [-0.2, -0.15) is 0 Å². The van der Waals surface area contributed by atoms with E-state index in [9.17, 15) is 4.79 Å². The SMILES string of the molecule is CCCC(=O)NCCCN1CCCC1. The molecular weight excluding hydrogens is 176 g/mol. The fourth-order valence-corrected chi connectivity index (χ4v) is 1.85. The third-order valence-corrected chi connectivity index (χ3v) is 2.65. The molecule has 0 aromatic heterocycles. The highest BCUT2D eigenvalue weighted by molar-refractivity contribution is 5.75. The summed E-state index contributed by atoms with van der Waals surface area (Å²) in [6, 6.07) is 0. The van der Waals surface area contributed by atoms with E-state index in [0.29, 0.717) is 6.42 Å². The molecule has 3 heteroatoms. The number of amides is 1. The zero-order chi connectivity index (χ0) is 10.2. The smallest absolute Gasteiger partial charge is 0.219 e. The molecule has 82 valence electrons. The lowest BCUT2D eigenvalue weighted by molar-refractivity contribution is -0.121. The van der Waals surface area contributed by atoms with Crippen molar-refractivity contribution in [3.63, 3.8) is 0 Å². The lowest BCUT2D eigenvalue weighted by Gasteiger charge is -2.14. The predicted octanol–water partition coefficient (Wildman–Crippen LogP) is 1.39. The van der Waals surface area contributed by atoms with Crippen LogP contribution in [0.3, 0.4) is 0 Å². The number of nitrogens with one attached hydrogen (secondary N) is 1. The van der Waals surface area contributed by atoms with Gasteiger partial charge in [0.1, 0.15) is 0 Å². The standard InChI is InChI=1S/C11H22N2O/c1-2-6-11(14)12-7-5-10-13-8-3-4-9-13/h2-10H2,1H3,(H,12,14). The van der Waals surface area contributed by atoms with Crippen LogP contribution in [0.1, 0.15) is 39.0 Å². The quantitative estimate of drug-likeness (QED) is 0.654. The fourth-order valence-electron chi connectivity index (χ4n) is 1.85. The van der Waals surface area contributed by atoms with E-state index in [2.05, 4.69) is 10.2 Å². The molecule has 0 aromatic rings. The molecule has 0 aliphatic carbocycles. The lowest BCUT2D eigenvalue weighted by atomic mass is 10.3. The van der Waals surface area contributed by atoms with E-state index in [1.165, 1.54) is 25.9 Å². The van der Waals surface area contributed by atoms with Gasteiger partial charge in [0.2, 0.25) is 5.91 Å². The number of likely N-dealkylation sites (tertiary alicyclic amines) is 1. The van der Waals surface area contributed by atoms with Crippen molar-refractivity contribution in [2.75, 3.05) is 26.2 Å². The van der Waals surface area contributed by atoms with Crippen LogP contribution in [0.5, 0.6) is 0 Å². The minimum absolute atomic E-state index is 0.203. The van der Waals surface area contributed by atoms with Gasteiger partial charge in [0.15, 0.2) is 0 Å². The zero-order valence-corrected chi connectivity index (χ0v) is 9.22. The Kier molecular flexibility index (Phi) is 5.60. The van der Waals surface area contributed by atoms with Crippen LogP contribution in [0.2, 0.25) is 0 Å². The van der Waals surface area contributed by atoms with E-state index in [1.807, 2.05) is 6.92 Å². The number of hydrogen-bond acceptors (Lipinski definition) is 2. The Hall–Kier alpha value is -0.570. The molecular formula is C11H22N2O. The van der Waals surface area contributed by atoms with Crippen molar-refractivity contribution >= 4 is 5.91 Å². The van der Waals surface area contributed by atoms with Crippen LogP contribution >= 0.6 is 0 Å². The third kappa shape index (κ3) is 4.61. The molecule has 1 amide bonds. The topological polar surface area (TPSA) is 32.3 Å². The van der Waals surface area contributed by atoms with E-state index < -0.39 is 0 Å². The van der Waals surface area contributed by atoms with E-state index in [-0.39, 0.29) is 5.91 Å². The summed E-state index contributed by atoms with van der Waals surface area (Å²) < 4.78 is 0. The van der Waals surface area contributed by atoms with Crippen LogP contribution in [0.4, 0.5) is 0 Å². The maximum atomic E-state index is 11.1. The van der Waals surface area contributed by atoms with Gasteiger partial charge in [-0.15, -0.1) is 0 Å². The van der Waals surface area contributed by atoms with Gasteiger partial charge in [0, 0.05) is 13.0 Å². The van der Waals surface area contributed by atoms with Crippen LogP contribution < -0.4 is 5.32 Å². The molecule has 1 aliphatic heterocycles. The van der Waals surface area contributed by atoms with Crippen molar-refractivity contribution in [3.8, 4) is 0 Å². The summed E-state index contributed by atoms with van der Waals surface area (Å²) in [6.45, 7) is 6.53. The number of rotatable bonds is 6. The molecule has 1 aliphatic rings. The van der Waals surface area contributed by atoms with Gasteiger partial charge in [-0.05, 0) is 45.3 Å². The average Bonchev–Trinajstić information content (AvgIpc) is 2.65. The van der Waals surface area contributed by atoms with Gasteiger partial charge < -0.3 is 10.2 Å². The Morgan fingerprint density at radius 3 is 2.71 bits per heavy atom. The van der Waals surface area contributed by atoms with Gasteiger partial charge in [-0.25, -0.2) is 0 Å². The van der Waals surface area contributed by atoms with Crippen molar-refractivity contribution in [1.82, 2.24) is 10.2 Å². The summed E-state index contributed by atoms with van der Waals surface area (Å²) in [6.07, 6.45) is 5.40. The molecule has 0 spiro atoms. The Balaban J connectivity index is 1.90. The van der Waals surface area contributed by atoms with Gasteiger partial charge in [-0.1, -0.05) is 6.92 Å². The first-order chi connectivity index (χ1) is 6.83. The molecule has 0 atom stereocenters. The highest BCUT2D eigenvalue weighted by Crippen LogP contribution is 2.06. The van der Waals surface area contributed by atoms with Crippen molar-refractivity contribution < 1.29 is 4.79 Å². The van der Waals surface area contributed by atoms with E-state index >= 15 is 0 Å². The summed E-state index contributed by atoms with van der Waals surface area (Å²) in [5.74, 6) is 0.203. The maximum absolute atomic E-state index is 11.1. The van der Waals surface area contributed by atoms with Crippen LogP contribution in [0.25, 0.3) is 0 Å². The molecule has 1 N–H and O–H groups in total. The Morgan fingerprint density at radius 2 is 2.07 bits per heavy atom. The molecule has 0 saturated carbocycles. The summed E-state index contributed by atoms with van der Waals surface area (Å²) in [5.41, 5.74) is 0. The summed E-state index contributed by atoms with van der Waals surface area (Å²) >= 11 is 0. The van der Waals surface area contributed by atoms with Crippen molar-refractivity contribution in [1.29, 1.82) is 0 Å². The number of carbonyl (C=O) groups excluding carboxylic acids is 1. The third-order valence-electron chi connectivity index (χ3n) is 2.65. The minimum Gasteiger partial charge on any atom is -0.356 e. The second-order valence-electron chi connectivity index (χ2n) is 4.00. The first-order valence-corrected chi connectivity index (χ1v) is 5.82. The van der Waals surface area contributed by atoms with Gasteiger partial charge in [-0.3, -0.25) is 4.79 Å². The summed E-state index contributed by atoms with van der Waals surface area (Å²) in [4.78, 5) is 13.6. The molecule has 1 rings (SSSR count). The Morgan fingerprint density at radius 1 is 1.36 bits per heavy atom. The molecule has 3 nitrogen and oxygen atoms in total. The van der Waals surface area contributed by atoms with Crippen LogP contribution in [0, 0.1) is 0 Å². The van der Waals surface area contributed by atoms with Gasteiger partial charge >= 0.3 is 0 Å². The van der Waals surface area contributed by atoms with Crippen molar-refractivity contribution in [3.05, 3.63) is 0 Å². The number of nitrogens with zero attached hydrogens (tertiary/aromatic N) is 1. The molecule has 0 bridgehead atoms. The average molecular weight is 198 g/mol. The highest BCUT2D eigenvalue weighted by Gasteiger charge is 2.10. The van der Waals surface area contributed by atoms with Crippen LogP contribution in [-0.4, -0.2) is 37.0 Å². The number of carbonyl (C=O) groups is 1. The number of hydrogen-bond donors (Lipinski definition) is 1. The van der Waals surface area contributed by atoms with Crippen LogP contribution in [0.15, 0.2) is 0 Å². The van der Waals surface area contributed by atoms with E-state index in [1.54, 1.807) is 0 Å². The van der Waals surface area contributed by atoms with E-state index in [4.69, 9.17) is 0 Å². The molecule has 1 fully saturated rings. The van der Waals surface area contributed by atoms with Gasteiger partial charge in [0.05, 0.1) is 0 Å². The second-order valence-corrected chi connectivity index (χ2v) is 4.00. The molecule has 14 heavy (non-hydrogen) atoms. The lowest BCUT2D eigenvalue weighted by Crippen LogP contribution is -2.28.